The van der Waals surface area contributed by atoms with Crippen molar-refractivity contribution in [2.24, 2.45) is 0 Å². The fourth-order valence-corrected chi connectivity index (χ4v) is 3.13. The molecule has 6 heteroatoms. The van der Waals surface area contributed by atoms with Gasteiger partial charge >= 0.3 is 0 Å². The van der Waals surface area contributed by atoms with E-state index in [1.807, 2.05) is 0 Å². The van der Waals surface area contributed by atoms with Crippen molar-refractivity contribution in [3.05, 3.63) is 57.3 Å². The van der Waals surface area contributed by atoms with E-state index in [9.17, 15) is 4.39 Å². The van der Waals surface area contributed by atoms with Gasteiger partial charge < -0.3 is 9.47 Å². The first-order chi connectivity index (χ1) is 10.1. The average Bonchev–Trinajstić information content (AvgIpc) is 2.48. The van der Waals surface area contributed by atoms with Gasteiger partial charge in [0.15, 0.2) is 11.5 Å². The Labute approximate surface area is 136 Å². The van der Waals surface area contributed by atoms with Crippen LogP contribution in [-0.4, -0.2) is 13.2 Å². The Morgan fingerprint density at radius 3 is 2.38 bits per heavy atom. The second-order valence-electron chi connectivity index (χ2n) is 4.52. The molecule has 0 saturated carbocycles. The van der Waals surface area contributed by atoms with Gasteiger partial charge in [0.05, 0.1) is 10.4 Å². The molecule has 1 aliphatic heterocycles. The molecule has 21 heavy (non-hydrogen) atoms. The minimum atomic E-state index is -0.684. The Hall–Kier alpha value is -1.16. The van der Waals surface area contributed by atoms with Crippen LogP contribution in [0.3, 0.4) is 0 Å². The van der Waals surface area contributed by atoms with Gasteiger partial charge in [-0.25, -0.2) is 4.39 Å². The molecular formula is C15H10Cl3FO2. The Bertz CT molecular complexity index is 691. The Balaban J connectivity index is 2.05. The summed E-state index contributed by atoms with van der Waals surface area (Å²) in [7, 11) is 0. The van der Waals surface area contributed by atoms with E-state index in [4.69, 9.17) is 44.3 Å². The number of alkyl halides is 1. The topological polar surface area (TPSA) is 18.5 Å². The molecule has 0 aromatic heterocycles. The van der Waals surface area contributed by atoms with Gasteiger partial charge in [0.1, 0.15) is 19.0 Å². The molecule has 1 aliphatic rings. The molecular weight excluding hydrogens is 338 g/mol. The molecule has 0 radical (unpaired) electrons. The summed E-state index contributed by atoms with van der Waals surface area (Å²) in [5.74, 6) is 0.622. The zero-order valence-electron chi connectivity index (χ0n) is 10.7. The van der Waals surface area contributed by atoms with E-state index in [1.54, 1.807) is 24.3 Å². The first kappa shape index (κ1) is 14.8. The van der Waals surface area contributed by atoms with E-state index in [0.29, 0.717) is 40.9 Å². The molecule has 0 fully saturated rings. The summed E-state index contributed by atoms with van der Waals surface area (Å²) in [6, 6.07) is 7.85. The van der Waals surface area contributed by atoms with Crippen molar-refractivity contribution in [1.82, 2.24) is 0 Å². The van der Waals surface area contributed by atoms with Gasteiger partial charge in [-0.1, -0.05) is 35.3 Å². The molecule has 2 nitrogen and oxygen atoms in total. The number of hydrogen-bond acceptors (Lipinski definition) is 2. The van der Waals surface area contributed by atoms with E-state index < -0.39 is 11.2 Å². The number of hydrogen-bond donors (Lipinski definition) is 0. The number of rotatable bonds is 2. The van der Waals surface area contributed by atoms with Crippen LogP contribution in [0, 0.1) is 5.82 Å². The highest BCUT2D eigenvalue weighted by atomic mass is 35.5. The van der Waals surface area contributed by atoms with E-state index in [1.165, 1.54) is 6.07 Å². The fourth-order valence-electron chi connectivity index (χ4n) is 2.16. The summed E-state index contributed by atoms with van der Waals surface area (Å²) in [4.78, 5) is 0. The molecule has 0 amide bonds. The van der Waals surface area contributed by atoms with Crippen LogP contribution in [0.25, 0.3) is 0 Å². The molecule has 0 spiro atoms. The zero-order valence-corrected chi connectivity index (χ0v) is 13.0. The Kier molecular flexibility index (Phi) is 4.16. The maximum absolute atomic E-state index is 13.6. The zero-order chi connectivity index (χ0) is 15.0. The summed E-state index contributed by atoms with van der Waals surface area (Å²) >= 11 is 18.6. The number of fused-ring (bicyclic) bond motifs is 1. The highest BCUT2D eigenvalue weighted by Crippen LogP contribution is 2.43. The lowest BCUT2D eigenvalue weighted by atomic mass is 10.0. The molecule has 1 heterocycles. The molecule has 0 saturated heterocycles. The predicted molar refractivity (Wildman–Crippen MR) is 81.5 cm³/mol. The molecule has 0 aliphatic carbocycles. The third-order valence-corrected chi connectivity index (χ3v) is 4.39. The standard InChI is InChI=1S/C15H10Cl3FO2/c16-10-7-13-12(20-4-5-21-13)6-9(10)14(17)8-2-1-3-11(19)15(8)18/h1-3,6-7,14H,4-5H2. The third-order valence-electron chi connectivity index (χ3n) is 3.19. The van der Waals surface area contributed by atoms with Gasteiger partial charge in [0.2, 0.25) is 0 Å². The quantitative estimate of drug-likeness (QED) is 0.692. The second kappa shape index (κ2) is 5.91. The summed E-state index contributed by atoms with van der Waals surface area (Å²) < 4.78 is 24.5. The van der Waals surface area contributed by atoms with E-state index in [0.717, 1.165) is 0 Å². The van der Waals surface area contributed by atoms with Crippen molar-refractivity contribution in [3.8, 4) is 11.5 Å². The van der Waals surface area contributed by atoms with Gasteiger partial charge in [0, 0.05) is 11.1 Å². The summed E-state index contributed by atoms with van der Waals surface area (Å²) in [5.41, 5.74) is 1.05. The van der Waals surface area contributed by atoms with Crippen LogP contribution >= 0.6 is 34.8 Å². The molecule has 1 unspecified atom stereocenters. The first-order valence-electron chi connectivity index (χ1n) is 6.25. The molecule has 3 rings (SSSR count). The normalized spacial score (nSPS) is 14.9. The lowest BCUT2D eigenvalue weighted by molar-refractivity contribution is 0.171. The summed E-state index contributed by atoms with van der Waals surface area (Å²) in [5, 5.41) is -0.278. The average molecular weight is 348 g/mol. The monoisotopic (exact) mass is 346 g/mol. The van der Waals surface area contributed by atoms with Crippen molar-refractivity contribution in [2.45, 2.75) is 5.38 Å². The van der Waals surface area contributed by atoms with Crippen molar-refractivity contribution in [1.29, 1.82) is 0 Å². The number of ether oxygens (including phenoxy) is 2. The highest BCUT2D eigenvalue weighted by Gasteiger charge is 2.22. The second-order valence-corrected chi connectivity index (χ2v) is 5.74. The van der Waals surface area contributed by atoms with Crippen LogP contribution in [0.2, 0.25) is 10.0 Å². The lowest BCUT2D eigenvalue weighted by Crippen LogP contribution is -2.15. The Morgan fingerprint density at radius 1 is 1.00 bits per heavy atom. The largest absolute Gasteiger partial charge is 0.486 e. The molecule has 2 aromatic carbocycles. The molecule has 110 valence electrons. The van der Waals surface area contributed by atoms with Crippen LogP contribution < -0.4 is 9.47 Å². The minimum Gasteiger partial charge on any atom is -0.486 e. The highest BCUT2D eigenvalue weighted by molar-refractivity contribution is 6.35. The summed E-state index contributed by atoms with van der Waals surface area (Å²) in [6.45, 7) is 0.935. The SMILES string of the molecule is Fc1cccc(C(Cl)c2cc3c(cc2Cl)OCCO3)c1Cl. The lowest BCUT2D eigenvalue weighted by Gasteiger charge is -2.21. The van der Waals surface area contributed by atoms with Gasteiger partial charge in [-0.2, -0.15) is 0 Å². The van der Waals surface area contributed by atoms with Gasteiger partial charge in [-0.15, -0.1) is 11.6 Å². The van der Waals surface area contributed by atoms with Crippen LogP contribution in [-0.2, 0) is 0 Å². The maximum Gasteiger partial charge on any atom is 0.162 e. The van der Waals surface area contributed by atoms with Crippen LogP contribution in [0.15, 0.2) is 30.3 Å². The van der Waals surface area contributed by atoms with Gasteiger partial charge in [-0.3, -0.25) is 0 Å². The molecule has 0 N–H and O–H groups in total. The number of benzene rings is 2. The van der Waals surface area contributed by atoms with Crippen LogP contribution in [0.1, 0.15) is 16.5 Å². The fraction of sp³-hybridized carbons (Fsp3) is 0.200. The Morgan fingerprint density at radius 2 is 1.67 bits per heavy atom. The first-order valence-corrected chi connectivity index (χ1v) is 7.44. The van der Waals surface area contributed by atoms with Crippen molar-refractivity contribution in [2.75, 3.05) is 13.2 Å². The van der Waals surface area contributed by atoms with E-state index >= 15 is 0 Å². The smallest absolute Gasteiger partial charge is 0.162 e. The van der Waals surface area contributed by atoms with Crippen molar-refractivity contribution < 1.29 is 13.9 Å². The molecule has 2 aromatic rings. The number of halogens is 4. The van der Waals surface area contributed by atoms with E-state index in [-0.39, 0.29) is 5.02 Å². The van der Waals surface area contributed by atoms with Gasteiger partial charge in [0.25, 0.3) is 0 Å². The van der Waals surface area contributed by atoms with Crippen molar-refractivity contribution >= 4 is 34.8 Å². The summed E-state index contributed by atoms with van der Waals surface area (Å²) in [6.07, 6.45) is 0. The van der Waals surface area contributed by atoms with Crippen molar-refractivity contribution in [3.63, 3.8) is 0 Å². The maximum atomic E-state index is 13.6. The van der Waals surface area contributed by atoms with Crippen LogP contribution in [0.4, 0.5) is 4.39 Å². The third kappa shape index (κ3) is 2.78. The molecule has 1 atom stereocenters. The minimum absolute atomic E-state index is 0.0107. The van der Waals surface area contributed by atoms with Gasteiger partial charge in [-0.05, 0) is 23.3 Å². The van der Waals surface area contributed by atoms with Crippen LogP contribution in [0.5, 0.6) is 11.5 Å². The molecule has 0 bridgehead atoms. The van der Waals surface area contributed by atoms with E-state index in [2.05, 4.69) is 0 Å². The predicted octanol–water partition coefficient (Wildman–Crippen LogP) is 5.23.